The molecule has 1 fully saturated rings. The Balaban J connectivity index is 1.64. The molecule has 1 saturated heterocycles. The smallest absolute Gasteiger partial charge is 0.223 e. The van der Waals surface area contributed by atoms with Crippen molar-refractivity contribution in [3.63, 3.8) is 0 Å². The summed E-state index contributed by atoms with van der Waals surface area (Å²) in [4.78, 5) is 21.7. The number of nitrogens with one attached hydrogen (secondary N) is 1. The number of hydrogen-bond acceptors (Lipinski definition) is 3. The minimum Gasteiger partial charge on any atom is -0.396 e. The third-order valence-electron chi connectivity index (χ3n) is 4.50. The summed E-state index contributed by atoms with van der Waals surface area (Å²) in [5.74, 6) is 0.369. The van der Waals surface area contributed by atoms with Gasteiger partial charge in [-0.3, -0.25) is 4.79 Å². The van der Waals surface area contributed by atoms with E-state index in [2.05, 4.69) is 9.97 Å². The quantitative estimate of drug-likeness (QED) is 0.889. The van der Waals surface area contributed by atoms with Gasteiger partial charge in [0.25, 0.3) is 0 Å². The number of aliphatic hydroxyl groups excluding tert-OH is 1. The number of carbonyl (C=O) groups excluding carboxylic acids is 1. The van der Waals surface area contributed by atoms with Crippen molar-refractivity contribution in [1.29, 1.82) is 0 Å². The van der Waals surface area contributed by atoms with Gasteiger partial charge in [-0.15, -0.1) is 0 Å². The molecule has 1 atom stereocenters. The highest BCUT2D eigenvalue weighted by Crippen LogP contribution is 2.21. The molecule has 1 aromatic carbocycles. The van der Waals surface area contributed by atoms with Crippen LogP contribution >= 0.6 is 0 Å². The van der Waals surface area contributed by atoms with E-state index in [0.717, 1.165) is 25.8 Å². The third-order valence-corrected chi connectivity index (χ3v) is 4.50. The zero-order valence-corrected chi connectivity index (χ0v) is 13.1. The first-order valence-electron chi connectivity index (χ1n) is 8.22. The average Bonchev–Trinajstić information content (AvgIpc) is 2.98. The van der Waals surface area contributed by atoms with Crippen LogP contribution in [0, 0.1) is 5.82 Å². The van der Waals surface area contributed by atoms with Gasteiger partial charge in [0, 0.05) is 32.0 Å². The number of piperidine rings is 1. The van der Waals surface area contributed by atoms with Gasteiger partial charge in [-0.25, -0.2) is 9.37 Å². The molecule has 2 heterocycles. The predicted octanol–water partition coefficient (Wildman–Crippen LogP) is 2.40. The first-order valence-corrected chi connectivity index (χ1v) is 8.22. The molecule has 0 aliphatic carbocycles. The van der Waals surface area contributed by atoms with Crippen molar-refractivity contribution in [2.45, 2.75) is 44.6 Å². The van der Waals surface area contributed by atoms with Gasteiger partial charge in [0.05, 0.1) is 5.52 Å². The highest BCUT2D eigenvalue weighted by Gasteiger charge is 2.26. The molecule has 5 nitrogen and oxygen atoms in total. The van der Waals surface area contributed by atoms with Gasteiger partial charge in [0.1, 0.15) is 11.3 Å². The maximum Gasteiger partial charge on any atom is 0.223 e. The lowest BCUT2D eigenvalue weighted by atomic mass is 9.99. The fraction of sp³-hybridized carbons (Fsp3) is 0.529. The van der Waals surface area contributed by atoms with Crippen LogP contribution in [-0.4, -0.2) is 45.1 Å². The van der Waals surface area contributed by atoms with Crippen LogP contribution in [0.2, 0.25) is 0 Å². The molecular formula is C17H22FN3O2. The molecule has 6 heteroatoms. The number of fused-ring (bicyclic) bond motifs is 1. The molecule has 23 heavy (non-hydrogen) atoms. The predicted molar refractivity (Wildman–Crippen MR) is 85.4 cm³/mol. The Labute approximate surface area is 134 Å². The van der Waals surface area contributed by atoms with Crippen LogP contribution in [0.25, 0.3) is 11.0 Å². The van der Waals surface area contributed by atoms with Crippen LogP contribution in [0.15, 0.2) is 18.2 Å². The number of para-hydroxylation sites is 1. The minimum absolute atomic E-state index is 0.0871. The normalized spacial score (nSPS) is 18.5. The number of aromatic nitrogens is 2. The molecule has 0 spiro atoms. The Kier molecular flexibility index (Phi) is 4.91. The zero-order chi connectivity index (χ0) is 16.2. The molecule has 1 unspecified atom stereocenters. The Morgan fingerprint density at radius 2 is 2.30 bits per heavy atom. The molecule has 1 aromatic heterocycles. The maximum atomic E-state index is 13.6. The highest BCUT2D eigenvalue weighted by molar-refractivity contribution is 5.78. The van der Waals surface area contributed by atoms with Crippen molar-refractivity contribution in [2.75, 3.05) is 13.2 Å². The summed E-state index contributed by atoms with van der Waals surface area (Å²) in [6.07, 6.45) is 4.54. The summed E-state index contributed by atoms with van der Waals surface area (Å²) in [6, 6.07) is 4.94. The second-order valence-electron chi connectivity index (χ2n) is 6.07. The molecule has 3 rings (SSSR count). The second kappa shape index (κ2) is 7.08. The Morgan fingerprint density at radius 3 is 3.09 bits per heavy atom. The molecule has 0 bridgehead atoms. The average molecular weight is 319 g/mol. The Bertz CT molecular complexity index is 684. The van der Waals surface area contributed by atoms with Crippen molar-refractivity contribution < 1.29 is 14.3 Å². The van der Waals surface area contributed by atoms with Crippen LogP contribution in [0.3, 0.4) is 0 Å². The number of benzene rings is 1. The van der Waals surface area contributed by atoms with Crippen LogP contribution in [-0.2, 0) is 11.2 Å². The first kappa shape index (κ1) is 15.9. The molecule has 0 radical (unpaired) electrons. The lowest BCUT2D eigenvalue weighted by molar-refractivity contribution is -0.135. The van der Waals surface area contributed by atoms with Crippen molar-refractivity contribution in [2.24, 2.45) is 0 Å². The van der Waals surface area contributed by atoms with Gasteiger partial charge < -0.3 is 15.0 Å². The number of likely N-dealkylation sites (tertiary alicyclic amines) is 1. The summed E-state index contributed by atoms with van der Waals surface area (Å²) in [5, 5.41) is 9.14. The number of aromatic amines is 1. The number of halogens is 1. The number of aryl methyl sites for hydroxylation is 1. The summed E-state index contributed by atoms with van der Waals surface area (Å²) >= 11 is 0. The SMILES string of the molecule is O=C(CCc1nc2c(F)cccc2[nH]1)N1CCCCC1CCO. The van der Waals surface area contributed by atoms with E-state index in [1.807, 2.05) is 4.90 Å². The van der Waals surface area contributed by atoms with Crippen molar-refractivity contribution in [1.82, 2.24) is 14.9 Å². The number of aliphatic hydroxyl groups is 1. The van der Waals surface area contributed by atoms with E-state index in [9.17, 15) is 9.18 Å². The van der Waals surface area contributed by atoms with Gasteiger partial charge in [0.15, 0.2) is 5.82 Å². The molecule has 1 aliphatic rings. The van der Waals surface area contributed by atoms with E-state index in [1.54, 1.807) is 12.1 Å². The molecule has 0 saturated carbocycles. The maximum absolute atomic E-state index is 13.6. The minimum atomic E-state index is -0.352. The van der Waals surface area contributed by atoms with Gasteiger partial charge in [-0.2, -0.15) is 0 Å². The first-order chi connectivity index (χ1) is 11.2. The standard InChI is InChI=1S/C17H22FN3O2/c18-13-5-3-6-14-17(13)20-15(19-14)7-8-16(23)21-10-2-1-4-12(21)9-11-22/h3,5-6,12,22H,1-2,4,7-11H2,(H,19,20). The van der Waals surface area contributed by atoms with Gasteiger partial charge >= 0.3 is 0 Å². The van der Waals surface area contributed by atoms with Crippen molar-refractivity contribution in [3.8, 4) is 0 Å². The highest BCUT2D eigenvalue weighted by atomic mass is 19.1. The van der Waals surface area contributed by atoms with Crippen molar-refractivity contribution in [3.05, 3.63) is 29.8 Å². The Morgan fingerprint density at radius 1 is 1.43 bits per heavy atom. The summed E-state index contributed by atoms with van der Waals surface area (Å²) in [7, 11) is 0. The van der Waals surface area contributed by atoms with Crippen LogP contribution in [0.4, 0.5) is 4.39 Å². The topological polar surface area (TPSA) is 69.2 Å². The number of carbonyl (C=O) groups is 1. The van der Waals surface area contributed by atoms with Crippen molar-refractivity contribution >= 4 is 16.9 Å². The summed E-state index contributed by atoms with van der Waals surface area (Å²) in [5.41, 5.74) is 0.981. The van der Waals surface area contributed by atoms with E-state index in [-0.39, 0.29) is 24.4 Å². The van der Waals surface area contributed by atoms with E-state index in [4.69, 9.17) is 5.11 Å². The molecule has 2 aromatic rings. The molecule has 1 amide bonds. The summed E-state index contributed by atoms with van der Waals surface area (Å²) < 4.78 is 13.6. The summed E-state index contributed by atoms with van der Waals surface area (Å²) in [6.45, 7) is 0.871. The number of imidazole rings is 1. The van der Waals surface area contributed by atoms with E-state index in [0.29, 0.717) is 36.1 Å². The Hall–Kier alpha value is -1.95. The molecule has 1 aliphatic heterocycles. The number of hydrogen-bond donors (Lipinski definition) is 2. The van der Waals surface area contributed by atoms with Gasteiger partial charge in [-0.1, -0.05) is 6.07 Å². The van der Waals surface area contributed by atoms with Gasteiger partial charge in [0.2, 0.25) is 5.91 Å². The van der Waals surface area contributed by atoms with Gasteiger partial charge in [-0.05, 0) is 37.8 Å². The van der Waals surface area contributed by atoms with E-state index in [1.165, 1.54) is 6.07 Å². The molecule has 2 N–H and O–H groups in total. The van der Waals surface area contributed by atoms with Crippen LogP contribution in [0.1, 0.15) is 37.9 Å². The van der Waals surface area contributed by atoms with Crippen LogP contribution in [0.5, 0.6) is 0 Å². The second-order valence-corrected chi connectivity index (χ2v) is 6.07. The molecular weight excluding hydrogens is 297 g/mol. The zero-order valence-electron chi connectivity index (χ0n) is 13.1. The fourth-order valence-corrected chi connectivity index (χ4v) is 3.31. The third kappa shape index (κ3) is 3.52. The van der Waals surface area contributed by atoms with E-state index >= 15 is 0 Å². The number of nitrogens with zero attached hydrogens (tertiary/aromatic N) is 2. The molecule has 124 valence electrons. The number of rotatable bonds is 5. The fourth-order valence-electron chi connectivity index (χ4n) is 3.31. The largest absolute Gasteiger partial charge is 0.396 e. The lowest BCUT2D eigenvalue weighted by Crippen LogP contribution is -2.44. The number of amides is 1. The number of H-pyrrole nitrogens is 1. The monoisotopic (exact) mass is 319 g/mol. The lowest BCUT2D eigenvalue weighted by Gasteiger charge is -2.35. The van der Waals surface area contributed by atoms with Crippen LogP contribution < -0.4 is 0 Å². The van der Waals surface area contributed by atoms with E-state index < -0.39 is 0 Å².